The number of morpholine rings is 1. The van der Waals surface area contributed by atoms with Crippen LogP contribution in [0.25, 0.3) is 0 Å². The minimum Gasteiger partial charge on any atom is -0.379 e. The molecule has 0 N–H and O–H groups in total. The third-order valence-corrected chi connectivity index (χ3v) is 8.93. The number of nitrogens with zero attached hydrogens (tertiary/aromatic N) is 2. The van der Waals surface area contributed by atoms with Crippen molar-refractivity contribution in [3.63, 3.8) is 0 Å². The molecule has 0 aromatic carbocycles. The molecule has 130 valence electrons. The van der Waals surface area contributed by atoms with Crippen molar-refractivity contribution in [1.29, 1.82) is 0 Å². The predicted molar refractivity (Wildman–Crippen MR) is 96.8 cm³/mol. The number of hydrogen-bond acceptors (Lipinski definition) is 5. The Morgan fingerprint density at radius 2 is 2.00 bits per heavy atom. The average Bonchev–Trinajstić information content (AvgIpc) is 2.46. The maximum Gasteiger partial charge on any atom is 0.207 e. The first-order chi connectivity index (χ1) is 10.8. The molecule has 0 aliphatic carbocycles. The van der Waals surface area contributed by atoms with E-state index in [1.807, 2.05) is 19.2 Å². The quantitative estimate of drug-likeness (QED) is 0.554. The van der Waals surface area contributed by atoms with E-state index in [1.54, 1.807) is 0 Å². The third-order valence-electron chi connectivity index (χ3n) is 3.67. The summed E-state index contributed by atoms with van der Waals surface area (Å²) in [7, 11) is -4.54. The van der Waals surface area contributed by atoms with Crippen LogP contribution in [0, 0.1) is 6.92 Å². The topological polar surface area (TPSA) is 51.7 Å². The van der Waals surface area contributed by atoms with Gasteiger partial charge >= 0.3 is 0 Å². The Kier molecular flexibility index (Phi) is 6.57. The average molecular weight is 356 g/mol. The number of aromatic nitrogens is 1. The maximum atomic E-state index is 13.4. The molecule has 1 aliphatic rings. The molecule has 1 atom stereocenters. The van der Waals surface area contributed by atoms with E-state index in [-0.39, 0.29) is 0 Å². The second-order valence-corrected chi connectivity index (χ2v) is 14.5. The van der Waals surface area contributed by atoms with Gasteiger partial charge < -0.3 is 8.95 Å². The smallest absolute Gasteiger partial charge is 0.207 e. The molecule has 7 heteroatoms. The summed E-state index contributed by atoms with van der Waals surface area (Å²) in [6.07, 6.45) is 3.75. The Morgan fingerprint density at radius 3 is 2.57 bits per heavy atom. The van der Waals surface area contributed by atoms with Gasteiger partial charge in [0.2, 0.25) is 7.37 Å². The zero-order chi connectivity index (χ0) is 16.9. The van der Waals surface area contributed by atoms with Crippen LogP contribution in [0.2, 0.25) is 19.6 Å². The van der Waals surface area contributed by atoms with Gasteiger partial charge in [0.05, 0.1) is 19.5 Å². The van der Waals surface area contributed by atoms with Gasteiger partial charge in [-0.25, -0.2) is 0 Å². The number of rotatable bonds is 7. The summed E-state index contributed by atoms with van der Waals surface area (Å²) in [6.45, 7) is 11.4. The number of hydrogen-bond donors (Lipinski definition) is 0. The van der Waals surface area contributed by atoms with Crippen LogP contribution in [0.4, 0.5) is 0 Å². The van der Waals surface area contributed by atoms with E-state index in [0.29, 0.717) is 12.4 Å². The lowest BCUT2D eigenvalue weighted by Crippen LogP contribution is -2.38. The van der Waals surface area contributed by atoms with Crippen LogP contribution in [0.15, 0.2) is 18.3 Å². The van der Waals surface area contributed by atoms with Crippen molar-refractivity contribution < 1.29 is 13.5 Å². The van der Waals surface area contributed by atoms with E-state index < -0.39 is 15.7 Å². The standard InChI is InChI=1S/C16H29N2O3PSi/c1-15-5-6-16(13-17-15)7-12-22(19,21-23(2,3)4)14-18-8-10-20-11-9-18/h5-6,13H,7-12,14H2,1-4H3. The van der Waals surface area contributed by atoms with E-state index in [9.17, 15) is 4.57 Å². The first kappa shape index (κ1) is 18.8. The fraction of sp³-hybridized carbons (Fsp3) is 0.688. The van der Waals surface area contributed by atoms with E-state index in [2.05, 4.69) is 35.6 Å². The van der Waals surface area contributed by atoms with Gasteiger partial charge in [0.15, 0.2) is 8.32 Å². The minimum absolute atomic E-state index is 0.542. The van der Waals surface area contributed by atoms with Crippen LogP contribution >= 0.6 is 7.37 Å². The van der Waals surface area contributed by atoms with E-state index in [1.165, 1.54) is 0 Å². The summed E-state index contributed by atoms with van der Waals surface area (Å²) in [4.78, 5) is 6.54. The van der Waals surface area contributed by atoms with Crippen molar-refractivity contribution in [2.24, 2.45) is 0 Å². The molecule has 0 amide bonds. The molecule has 1 aromatic rings. The van der Waals surface area contributed by atoms with Crippen molar-refractivity contribution >= 4 is 15.7 Å². The van der Waals surface area contributed by atoms with Crippen LogP contribution in [0.1, 0.15) is 11.3 Å². The zero-order valence-electron chi connectivity index (χ0n) is 14.7. The van der Waals surface area contributed by atoms with Crippen molar-refractivity contribution in [3.8, 4) is 0 Å². The second-order valence-electron chi connectivity index (χ2n) is 7.17. The fourth-order valence-corrected chi connectivity index (χ4v) is 8.86. The lowest BCUT2D eigenvalue weighted by Gasteiger charge is -2.33. The summed E-state index contributed by atoms with van der Waals surface area (Å²) in [6, 6.07) is 4.07. The number of pyridine rings is 1. The molecule has 2 heterocycles. The predicted octanol–water partition coefficient (Wildman–Crippen LogP) is 3.35. The second kappa shape index (κ2) is 8.04. The Bertz CT molecular complexity index is 539. The Balaban J connectivity index is 2.02. The fourth-order valence-electron chi connectivity index (χ4n) is 2.64. The maximum absolute atomic E-state index is 13.4. The van der Waals surface area contributed by atoms with Crippen LogP contribution in [0.5, 0.6) is 0 Å². The number of ether oxygens (including phenoxy) is 1. The molecule has 1 fully saturated rings. The van der Waals surface area contributed by atoms with Crippen LogP contribution < -0.4 is 0 Å². The van der Waals surface area contributed by atoms with Crippen LogP contribution in [0.3, 0.4) is 0 Å². The summed E-state index contributed by atoms with van der Waals surface area (Å²) in [5.41, 5.74) is 2.13. The lowest BCUT2D eigenvalue weighted by atomic mass is 10.2. The van der Waals surface area contributed by atoms with Crippen LogP contribution in [-0.4, -0.2) is 57.0 Å². The van der Waals surface area contributed by atoms with Gasteiger partial charge in [-0.15, -0.1) is 0 Å². The normalized spacial score (nSPS) is 19.5. The Labute approximate surface area is 141 Å². The summed E-state index contributed by atoms with van der Waals surface area (Å²) in [5, 5.41) is 0. The van der Waals surface area contributed by atoms with E-state index in [4.69, 9.17) is 8.95 Å². The molecular formula is C16H29N2O3PSi. The van der Waals surface area contributed by atoms with Gasteiger partial charge in [-0.05, 0) is 44.6 Å². The highest BCUT2D eigenvalue weighted by molar-refractivity contribution is 7.60. The molecule has 1 unspecified atom stereocenters. The zero-order valence-corrected chi connectivity index (χ0v) is 16.6. The third kappa shape index (κ3) is 6.85. The van der Waals surface area contributed by atoms with Crippen molar-refractivity contribution in [2.45, 2.75) is 33.0 Å². The molecule has 0 saturated carbocycles. The molecule has 1 aromatic heterocycles. The Morgan fingerprint density at radius 1 is 1.30 bits per heavy atom. The van der Waals surface area contributed by atoms with Gasteiger partial charge in [-0.1, -0.05) is 6.07 Å². The van der Waals surface area contributed by atoms with Crippen molar-refractivity contribution in [2.75, 3.05) is 38.8 Å². The van der Waals surface area contributed by atoms with Crippen molar-refractivity contribution in [3.05, 3.63) is 29.6 Å². The van der Waals surface area contributed by atoms with Gasteiger partial charge in [0, 0.05) is 31.1 Å². The lowest BCUT2D eigenvalue weighted by molar-refractivity contribution is 0.0454. The molecule has 5 nitrogen and oxygen atoms in total. The summed E-state index contributed by atoms with van der Waals surface area (Å²) >= 11 is 0. The van der Waals surface area contributed by atoms with Gasteiger partial charge in [0.25, 0.3) is 0 Å². The number of aryl methyl sites for hydroxylation is 2. The van der Waals surface area contributed by atoms with Gasteiger partial charge in [0.1, 0.15) is 0 Å². The molecular weight excluding hydrogens is 327 g/mol. The monoisotopic (exact) mass is 356 g/mol. The van der Waals surface area contributed by atoms with Crippen molar-refractivity contribution in [1.82, 2.24) is 9.88 Å². The first-order valence-electron chi connectivity index (χ1n) is 8.26. The van der Waals surface area contributed by atoms with E-state index >= 15 is 0 Å². The highest BCUT2D eigenvalue weighted by Crippen LogP contribution is 2.50. The molecule has 0 radical (unpaired) electrons. The molecule has 23 heavy (non-hydrogen) atoms. The highest BCUT2D eigenvalue weighted by Gasteiger charge is 2.32. The molecule has 0 spiro atoms. The van der Waals surface area contributed by atoms with E-state index in [0.717, 1.165) is 44.0 Å². The first-order valence-corrected chi connectivity index (χ1v) is 13.7. The molecule has 1 aliphatic heterocycles. The largest absolute Gasteiger partial charge is 0.379 e. The van der Waals surface area contributed by atoms with Crippen LogP contribution in [-0.2, 0) is 19.9 Å². The SMILES string of the molecule is Cc1ccc(CCP(=O)(CN2CCOCC2)O[Si](C)(C)C)cn1. The van der Waals surface area contributed by atoms with Gasteiger partial charge in [-0.3, -0.25) is 14.4 Å². The molecule has 0 bridgehead atoms. The molecule has 2 rings (SSSR count). The highest BCUT2D eigenvalue weighted by atomic mass is 31.2. The Hall–Kier alpha value is -0.523. The summed E-state index contributed by atoms with van der Waals surface area (Å²) in [5.74, 6) is 0. The minimum atomic E-state index is -2.68. The molecule has 1 saturated heterocycles. The summed E-state index contributed by atoms with van der Waals surface area (Å²) < 4.78 is 25.0. The van der Waals surface area contributed by atoms with Gasteiger partial charge in [-0.2, -0.15) is 0 Å².